The average Bonchev–Trinajstić information content (AvgIpc) is 2.55. The van der Waals surface area contributed by atoms with Crippen LogP contribution in [-0.2, 0) is 4.74 Å². The third-order valence-corrected chi connectivity index (χ3v) is 4.17. The van der Waals surface area contributed by atoms with Crippen molar-refractivity contribution in [3.8, 4) is 0 Å². The number of carbonyl (C=O) groups excluding carboxylic acids is 1. The Bertz CT molecular complexity index is 692. The number of rotatable bonds is 2. The lowest BCUT2D eigenvalue weighted by atomic mass is 10.1. The van der Waals surface area contributed by atoms with E-state index in [-0.39, 0.29) is 11.7 Å². The van der Waals surface area contributed by atoms with Crippen LogP contribution in [0.25, 0.3) is 0 Å². The highest BCUT2D eigenvalue weighted by molar-refractivity contribution is 9.10. The van der Waals surface area contributed by atoms with Gasteiger partial charge in [-0.3, -0.25) is 4.79 Å². The summed E-state index contributed by atoms with van der Waals surface area (Å²) in [5, 5.41) is 0. The summed E-state index contributed by atoms with van der Waals surface area (Å²) in [5.74, 6) is -0.366. The molecular formula is C17H15BrFNO2. The Balaban J connectivity index is 1.78. The van der Waals surface area contributed by atoms with Gasteiger partial charge in [-0.2, -0.15) is 0 Å². The molecular weight excluding hydrogens is 349 g/mol. The second-order valence-electron chi connectivity index (χ2n) is 5.14. The van der Waals surface area contributed by atoms with Crippen LogP contribution >= 0.6 is 15.9 Å². The standard InChI is InChI=1S/C17H15BrFNO2/c18-13-5-3-4-12(10-13)17(21)20-8-9-22-16(11-20)14-6-1-2-7-15(14)19/h1-7,10,16H,8-9,11H2. The van der Waals surface area contributed by atoms with E-state index in [1.807, 2.05) is 12.1 Å². The van der Waals surface area contributed by atoms with Gasteiger partial charge in [0.25, 0.3) is 5.91 Å². The molecule has 5 heteroatoms. The number of carbonyl (C=O) groups is 1. The van der Waals surface area contributed by atoms with Crippen molar-refractivity contribution in [2.45, 2.75) is 6.10 Å². The molecule has 2 aromatic rings. The monoisotopic (exact) mass is 363 g/mol. The first-order valence-electron chi connectivity index (χ1n) is 7.06. The van der Waals surface area contributed by atoms with Crippen LogP contribution in [0.4, 0.5) is 4.39 Å². The van der Waals surface area contributed by atoms with Crippen molar-refractivity contribution in [3.05, 3.63) is 69.9 Å². The average molecular weight is 364 g/mol. The number of halogens is 2. The van der Waals surface area contributed by atoms with Crippen LogP contribution in [0, 0.1) is 5.82 Å². The van der Waals surface area contributed by atoms with Gasteiger partial charge in [-0.1, -0.05) is 40.2 Å². The van der Waals surface area contributed by atoms with E-state index in [9.17, 15) is 9.18 Å². The van der Waals surface area contributed by atoms with Gasteiger partial charge in [0.15, 0.2) is 0 Å². The number of hydrogen-bond donors (Lipinski definition) is 0. The minimum Gasteiger partial charge on any atom is -0.370 e. The van der Waals surface area contributed by atoms with Gasteiger partial charge in [-0.05, 0) is 24.3 Å². The summed E-state index contributed by atoms with van der Waals surface area (Å²) in [6.07, 6.45) is -0.425. The molecule has 3 nitrogen and oxygen atoms in total. The van der Waals surface area contributed by atoms with Gasteiger partial charge >= 0.3 is 0 Å². The van der Waals surface area contributed by atoms with Crippen LogP contribution in [0.15, 0.2) is 53.0 Å². The molecule has 1 saturated heterocycles. The van der Waals surface area contributed by atoms with Crippen molar-refractivity contribution < 1.29 is 13.9 Å². The summed E-state index contributed by atoms with van der Waals surface area (Å²) in [4.78, 5) is 14.3. The van der Waals surface area contributed by atoms with Crippen LogP contribution in [0.1, 0.15) is 22.0 Å². The van der Waals surface area contributed by atoms with E-state index in [1.165, 1.54) is 6.07 Å². The number of nitrogens with zero attached hydrogens (tertiary/aromatic N) is 1. The maximum atomic E-state index is 13.9. The number of morpholine rings is 1. The van der Waals surface area contributed by atoms with Crippen LogP contribution in [0.3, 0.4) is 0 Å². The fourth-order valence-electron chi connectivity index (χ4n) is 2.56. The fourth-order valence-corrected chi connectivity index (χ4v) is 2.96. The predicted molar refractivity (Wildman–Crippen MR) is 85.1 cm³/mol. The number of benzene rings is 2. The molecule has 1 heterocycles. The second kappa shape index (κ2) is 6.58. The second-order valence-corrected chi connectivity index (χ2v) is 6.06. The van der Waals surface area contributed by atoms with E-state index in [2.05, 4.69) is 15.9 Å². The van der Waals surface area contributed by atoms with Gasteiger partial charge < -0.3 is 9.64 Å². The number of amides is 1. The SMILES string of the molecule is O=C(c1cccc(Br)c1)N1CCOC(c2ccccc2F)C1. The zero-order chi connectivity index (χ0) is 15.5. The first kappa shape index (κ1) is 15.2. The Morgan fingerprint density at radius 2 is 2.05 bits per heavy atom. The third kappa shape index (κ3) is 3.20. The highest BCUT2D eigenvalue weighted by Crippen LogP contribution is 2.25. The lowest BCUT2D eigenvalue weighted by Gasteiger charge is -2.33. The molecule has 0 N–H and O–H groups in total. The van der Waals surface area contributed by atoms with Gasteiger partial charge in [-0.15, -0.1) is 0 Å². The maximum Gasteiger partial charge on any atom is 0.254 e. The molecule has 0 spiro atoms. The van der Waals surface area contributed by atoms with Crippen molar-refractivity contribution in [1.82, 2.24) is 4.90 Å². The molecule has 1 aliphatic rings. The number of hydrogen-bond acceptors (Lipinski definition) is 2. The molecule has 1 amide bonds. The summed E-state index contributed by atoms with van der Waals surface area (Å²) in [6, 6.07) is 13.8. The Hall–Kier alpha value is -1.72. The van der Waals surface area contributed by atoms with E-state index in [4.69, 9.17) is 4.74 Å². The molecule has 1 atom stereocenters. The summed E-state index contributed by atoms with van der Waals surface area (Å²) in [5.41, 5.74) is 1.11. The van der Waals surface area contributed by atoms with E-state index in [1.54, 1.807) is 35.2 Å². The Labute approximate surface area is 136 Å². The summed E-state index contributed by atoms with van der Waals surface area (Å²) < 4.78 is 20.4. The van der Waals surface area contributed by atoms with E-state index in [0.717, 1.165) is 4.47 Å². The van der Waals surface area contributed by atoms with Crippen molar-refractivity contribution in [2.24, 2.45) is 0 Å². The molecule has 0 saturated carbocycles. The first-order valence-corrected chi connectivity index (χ1v) is 7.85. The van der Waals surface area contributed by atoms with Gasteiger partial charge in [0.2, 0.25) is 0 Å². The summed E-state index contributed by atoms with van der Waals surface area (Å²) in [6.45, 7) is 1.27. The van der Waals surface area contributed by atoms with Crippen molar-refractivity contribution in [2.75, 3.05) is 19.7 Å². The largest absolute Gasteiger partial charge is 0.370 e. The summed E-state index contributed by atoms with van der Waals surface area (Å²) >= 11 is 3.37. The highest BCUT2D eigenvalue weighted by Gasteiger charge is 2.27. The van der Waals surface area contributed by atoms with Crippen LogP contribution in [0.2, 0.25) is 0 Å². The number of ether oxygens (including phenoxy) is 1. The first-order chi connectivity index (χ1) is 10.6. The van der Waals surface area contributed by atoms with Crippen molar-refractivity contribution >= 4 is 21.8 Å². The van der Waals surface area contributed by atoms with Crippen LogP contribution in [0.5, 0.6) is 0 Å². The maximum absolute atomic E-state index is 13.9. The molecule has 2 aromatic carbocycles. The molecule has 0 radical (unpaired) electrons. The topological polar surface area (TPSA) is 29.5 Å². The molecule has 1 aliphatic heterocycles. The highest BCUT2D eigenvalue weighted by atomic mass is 79.9. The fraction of sp³-hybridized carbons (Fsp3) is 0.235. The van der Waals surface area contributed by atoms with Gasteiger partial charge in [-0.25, -0.2) is 4.39 Å². The lowest BCUT2D eigenvalue weighted by molar-refractivity contribution is -0.0243. The zero-order valence-electron chi connectivity index (χ0n) is 11.8. The lowest BCUT2D eigenvalue weighted by Crippen LogP contribution is -2.42. The predicted octanol–water partition coefficient (Wildman–Crippen LogP) is 3.80. The normalized spacial score (nSPS) is 18.3. The molecule has 114 valence electrons. The van der Waals surface area contributed by atoms with E-state index in [0.29, 0.717) is 30.8 Å². The van der Waals surface area contributed by atoms with Crippen LogP contribution in [-0.4, -0.2) is 30.5 Å². The molecule has 0 aromatic heterocycles. The van der Waals surface area contributed by atoms with Crippen molar-refractivity contribution in [3.63, 3.8) is 0 Å². The van der Waals surface area contributed by atoms with Gasteiger partial charge in [0.05, 0.1) is 13.2 Å². The molecule has 1 fully saturated rings. The quantitative estimate of drug-likeness (QED) is 0.811. The Kier molecular flexibility index (Phi) is 4.55. The molecule has 3 rings (SSSR count). The third-order valence-electron chi connectivity index (χ3n) is 3.68. The molecule has 0 aliphatic carbocycles. The minimum absolute atomic E-state index is 0.0639. The molecule has 22 heavy (non-hydrogen) atoms. The van der Waals surface area contributed by atoms with Gasteiger partial charge in [0, 0.05) is 22.1 Å². The van der Waals surface area contributed by atoms with Gasteiger partial charge in [0.1, 0.15) is 11.9 Å². The Morgan fingerprint density at radius 1 is 1.23 bits per heavy atom. The smallest absolute Gasteiger partial charge is 0.254 e. The van der Waals surface area contributed by atoms with Crippen LogP contribution < -0.4 is 0 Å². The van der Waals surface area contributed by atoms with E-state index >= 15 is 0 Å². The zero-order valence-corrected chi connectivity index (χ0v) is 13.4. The minimum atomic E-state index is -0.425. The van der Waals surface area contributed by atoms with E-state index < -0.39 is 6.10 Å². The Morgan fingerprint density at radius 3 is 2.82 bits per heavy atom. The molecule has 0 bridgehead atoms. The summed E-state index contributed by atoms with van der Waals surface area (Å²) in [7, 11) is 0. The molecule has 1 unspecified atom stereocenters. The van der Waals surface area contributed by atoms with Crippen molar-refractivity contribution in [1.29, 1.82) is 0 Å².